The first-order valence-corrected chi connectivity index (χ1v) is 8.77. The Balaban J connectivity index is 1.51. The molecule has 0 saturated carbocycles. The molecule has 0 aliphatic carbocycles. The predicted octanol–water partition coefficient (Wildman–Crippen LogP) is 3.56. The molecule has 2 aromatic rings. The van der Waals surface area contributed by atoms with Gasteiger partial charge in [0.1, 0.15) is 18.5 Å². The van der Waals surface area contributed by atoms with Gasteiger partial charge in [0.15, 0.2) is 0 Å². The fourth-order valence-electron chi connectivity index (χ4n) is 2.97. The van der Waals surface area contributed by atoms with Crippen LogP contribution < -0.4 is 4.74 Å². The highest BCUT2D eigenvalue weighted by atomic mass is 79.9. The molecule has 1 N–H and O–H groups in total. The monoisotopic (exact) mass is 375 g/mol. The Hall–Kier alpha value is -1.36. The van der Waals surface area contributed by atoms with E-state index in [1.807, 2.05) is 25.1 Å². The highest BCUT2D eigenvalue weighted by Crippen LogP contribution is 2.26. The quantitative estimate of drug-likeness (QED) is 0.866. The van der Waals surface area contributed by atoms with E-state index in [0.29, 0.717) is 13.2 Å². The van der Waals surface area contributed by atoms with Crippen molar-refractivity contribution in [3.05, 3.63) is 63.6 Å². The van der Waals surface area contributed by atoms with Crippen molar-refractivity contribution in [2.45, 2.75) is 26.0 Å². The number of aryl methyl sites for hydroxylation is 1. The van der Waals surface area contributed by atoms with Crippen LogP contribution in [0.25, 0.3) is 0 Å². The van der Waals surface area contributed by atoms with Gasteiger partial charge in [0.25, 0.3) is 0 Å². The summed E-state index contributed by atoms with van der Waals surface area (Å²) in [6.45, 7) is 4.87. The zero-order chi connectivity index (χ0) is 16.2. The van der Waals surface area contributed by atoms with Gasteiger partial charge in [0.05, 0.1) is 4.47 Å². The molecular formula is C19H22BrNO2. The summed E-state index contributed by atoms with van der Waals surface area (Å²) in [5.41, 5.74) is 3.97. The second-order valence-electron chi connectivity index (χ2n) is 6.15. The van der Waals surface area contributed by atoms with E-state index in [9.17, 15) is 5.11 Å². The molecular weight excluding hydrogens is 354 g/mol. The maximum absolute atomic E-state index is 10.3. The number of aliphatic hydroxyl groups is 1. The van der Waals surface area contributed by atoms with Gasteiger partial charge in [0.2, 0.25) is 0 Å². The lowest BCUT2D eigenvalue weighted by molar-refractivity contribution is 0.0635. The summed E-state index contributed by atoms with van der Waals surface area (Å²) in [5.74, 6) is 0.777. The van der Waals surface area contributed by atoms with Crippen molar-refractivity contribution in [3.63, 3.8) is 0 Å². The van der Waals surface area contributed by atoms with Gasteiger partial charge in [-0.15, -0.1) is 0 Å². The van der Waals surface area contributed by atoms with Crippen LogP contribution in [0.4, 0.5) is 0 Å². The van der Waals surface area contributed by atoms with Crippen LogP contribution in [0.2, 0.25) is 0 Å². The third kappa shape index (κ3) is 4.34. The molecule has 3 nitrogen and oxygen atoms in total. The van der Waals surface area contributed by atoms with Crippen molar-refractivity contribution in [2.75, 3.05) is 19.7 Å². The number of hydrogen-bond donors (Lipinski definition) is 1. The van der Waals surface area contributed by atoms with Crippen molar-refractivity contribution in [2.24, 2.45) is 0 Å². The molecule has 1 atom stereocenters. The van der Waals surface area contributed by atoms with Gasteiger partial charge < -0.3 is 9.84 Å². The molecule has 3 rings (SSSR count). The van der Waals surface area contributed by atoms with E-state index in [2.05, 4.69) is 45.1 Å². The number of fused-ring (bicyclic) bond motifs is 1. The van der Waals surface area contributed by atoms with Crippen LogP contribution in [0, 0.1) is 6.92 Å². The van der Waals surface area contributed by atoms with Gasteiger partial charge in [-0.05, 0) is 58.1 Å². The first kappa shape index (κ1) is 16.5. The minimum Gasteiger partial charge on any atom is -0.490 e. The average Bonchev–Trinajstić information content (AvgIpc) is 2.54. The zero-order valence-corrected chi connectivity index (χ0v) is 14.9. The van der Waals surface area contributed by atoms with Crippen LogP contribution in [-0.2, 0) is 13.0 Å². The third-order valence-electron chi connectivity index (χ3n) is 4.20. The van der Waals surface area contributed by atoms with Crippen molar-refractivity contribution in [1.82, 2.24) is 4.90 Å². The van der Waals surface area contributed by atoms with E-state index in [-0.39, 0.29) is 0 Å². The van der Waals surface area contributed by atoms with E-state index in [0.717, 1.165) is 29.7 Å². The zero-order valence-electron chi connectivity index (χ0n) is 13.3. The summed E-state index contributed by atoms with van der Waals surface area (Å²) in [7, 11) is 0. The largest absolute Gasteiger partial charge is 0.490 e. The smallest absolute Gasteiger partial charge is 0.133 e. The molecule has 23 heavy (non-hydrogen) atoms. The minimum atomic E-state index is -0.492. The van der Waals surface area contributed by atoms with Gasteiger partial charge in [-0.3, -0.25) is 4.90 Å². The maximum Gasteiger partial charge on any atom is 0.133 e. The molecule has 0 fully saturated rings. The van der Waals surface area contributed by atoms with Crippen LogP contribution in [0.3, 0.4) is 0 Å². The summed E-state index contributed by atoms with van der Waals surface area (Å²) in [5, 5.41) is 10.3. The molecule has 1 unspecified atom stereocenters. The fraction of sp³-hybridized carbons (Fsp3) is 0.368. The topological polar surface area (TPSA) is 32.7 Å². The molecule has 0 saturated heterocycles. The van der Waals surface area contributed by atoms with Crippen LogP contribution in [0.5, 0.6) is 5.75 Å². The normalized spacial score (nSPS) is 16.0. The SMILES string of the molecule is Cc1ccc(OCC(O)CN2CCc3ccccc3C2)c(Br)c1. The van der Waals surface area contributed by atoms with E-state index >= 15 is 0 Å². The number of benzene rings is 2. The highest BCUT2D eigenvalue weighted by molar-refractivity contribution is 9.10. The summed E-state index contributed by atoms with van der Waals surface area (Å²) in [6, 6.07) is 14.5. The Morgan fingerprint density at radius 3 is 2.78 bits per heavy atom. The second-order valence-corrected chi connectivity index (χ2v) is 7.01. The second kappa shape index (κ2) is 7.47. The molecule has 1 aliphatic heterocycles. The number of nitrogens with zero attached hydrogens (tertiary/aromatic N) is 1. The summed E-state index contributed by atoms with van der Waals surface area (Å²) in [6.07, 6.45) is 0.557. The third-order valence-corrected chi connectivity index (χ3v) is 4.82. The molecule has 0 aromatic heterocycles. The van der Waals surface area contributed by atoms with Gasteiger partial charge >= 0.3 is 0 Å². The van der Waals surface area contributed by atoms with Crippen LogP contribution in [-0.4, -0.2) is 35.8 Å². The lowest BCUT2D eigenvalue weighted by Gasteiger charge is -2.30. The number of hydrogen-bond acceptors (Lipinski definition) is 3. The van der Waals surface area contributed by atoms with Gasteiger partial charge in [0, 0.05) is 19.6 Å². The lowest BCUT2D eigenvalue weighted by atomic mass is 10.00. The Morgan fingerprint density at radius 1 is 1.22 bits per heavy atom. The molecule has 1 aliphatic rings. The number of halogens is 1. The first-order valence-electron chi connectivity index (χ1n) is 7.98. The number of β-amino-alcohol motifs (C(OH)–C–C–N with tert-alkyl or cyclic N) is 1. The first-order chi connectivity index (χ1) is 11.1. The van der Waals surface area contributed by atoms with Gasteiger partial charge in [-0.25, -0.2) is 0 Å². The Morgan fingerprint density at radius 2 is 2.00 bits per heavy atom. The van der Waals surface area contributed by atoms with Crippen LogP contribution in [0.1, 0.15) is 16.7 Å². The van der Waals surface area contributed by atoms with Gasteiger partial charge in [-0.1, -0.05) is 30.3 Å². The number of rotatable bonds is 5. The fourth-order valence-corrected chi connectivity index (χ4v) is 3.58. The molecule has 0 radical (unpaired) electrons. The Kier molecular flexibility index (Phi) is 5.36. The standard InChI is InChI=1S/C19H22BrNO2/c1-14-6-7-19(18(20)10-14)23-13-17(22)12-21-9-8-15-4-2-3-5-16(15)11-21/h2-7,10,17,22H,8-9,11-13H2,1H3. The van der Waals surface area contributed by atoms with E-state index in [4.69, 9.17) is 4.74 Å². The molecule has 2 aromatic carbocycles. The summed E-state index contributed by atoms with van der Waals surface area (Å²) < 4.78 is 6.67. The van der Waals surface area contributed by atoms with Crippen LogP contribution >= 0.6 is 15.9 Å². The Labute approximate surface area is 146 Å². The van der Waals surface area contributed by atoms with E-state index in [1.54, 1.807) is 0 Å². The molecule has 1 heterocycles. The molecule has 0 bridgehead atoms. The Bertz CT molecular complexity index is 674. The molecule has 4 heteroatoms. The highest BCUT2D eigenvalue weighted by Gasteiger charge is 2.18. The molecule has 0 spiro atoms. The van der Waals surface area contributed by atoms with E-state index < -0.39 is 6.10 Å². The maximum atomic E-state index is 10.3. The van der Waals surface area contributed by atoms with Crippen molar-refractivity contribution in [3.8, 4) is 5.75 Å². The van der Waals surface area contributed by atoms with Crippen LogP contribution in [0.15, 0.2) is 46.9 Å². The molecule has 0 amide bonds. The van der Waals surface area contributed by atoms with Gasteiger partial charge in [-0.2, -0.15) is 0 Å². The summed E-state index contributed by atoms with van der Waals surface area (Å²) >= 11 is 3.50. The average molecular weight is 376 g/mol. The lowest BCUT2D eigenvalue weighted by Crippen LogP contribution is -2.38. The predicted molar refractivity (Wildman–Crippen MR) is 95.8 cm³/mol. The molecule has 122 valence electrons. The van der Waals surface area contributed by atoms with Crippen molar-refractivity contribution >= 4 is 15.9 Å². The number of aliphatic hydroxyl groups excluding tert-OH is 1. The van der Waals surface area contributed by atoms with E-state index in [1.165, 1.54) is 16.7 Å². The van der Waals surface area contributed by atoms with Crippen molar-refractivity contribution in [1.29, 1.82) is 0 Å². The summed E-state index contributed by atoms with van der Waals surface area (Å²) in [4.78, 5) is 2.29. The van der Waals surface area contributed by atoms with Crippen molar-refractivity contribution < 1.29 is 9.84 Å². The number of ether oxygens (including phenoxy) is 1. The minimum absolute atomic E-state index is 0.305.